The van der Waals surface area contributed by atoms with E-state index in [-0.39, 0.29) is 23.5 Å². The number of aromatic hydroxyl groups is 1. The molecule has 4 nitrogen and oxygen atoms in total. The molecule has 1 rings (SSSR count). The zero-order chi connectivity index (χ0) is 11.4. The summed E-state index contributed by atoms with van der Waals surface area (Å²) in [6.07, 6.45) is 2.18. The molecule has 0 atom stereocenters. The van der Waals surface area contributed by atoms with Crippen molar-refractivity contribution in [3.05, 3.63) is 40.5 Å². The van der Waals surface area contributed by atoms with E-state index in [0.717, 1.165) is 0 Å². The minimum Gasteiger partial charge on any atom is -0.507 e. The number of hydrogen-bond acceptors (Lipinski definition) is 4. The minimum absolute atomic E-state index is 0.144. The Hall–Kier alpha value is -1.84. The Bertz CT molecular complexity index is 442. The van der Waals surface area contributed by atoms with Crippen molar-refractivity contribution in [2.75, 3.05) is 0 Å². The van der Waals surface area contributed by atoms with Gasteiger partial charge in [0.05, 0.1) is 0 Å². The lowest BCUT2D eigenvalue weighted by atomic mass is 10.1. The van der Waals surface area contributed by atoms with Crippen LogP contribution in [0.2, 0.25) is 0 Å². The molecule has 0 aliphatic carbocycles. The van der Waals surface area contributed by atoms with Crippen LogP contribution in [0.25, 0.3) is 0 Å². The molecule has 0 aliphatic rings. The van der Waals surface area contributed by atoms with Gasteiger partial charge in [0, 0.05) is 12.5 Å². The molecule has 1 aromatic rings. The molecule has 1 N–H and O–H groups in total. The van der Waals surface area contributed by atoms with Crippen LogP contribution in [0.3, 0.4) is 0 Å². The van der Waals surface area contributed by atoms with Gasteiger partial charge in [0.15, 0.2) is 5.78 Å². The van der Waals surface area contributed by atoms with Gasteiger partial charge in [-0.15, -0.1) is 6.58 Å². The van der Waals surface area contributed by atoms with Gasteiger partial charge in [-0.2, -0.15) is 0 Å². The summed E-state index contributed by atoms with van der Waals surface area (Å²) in [5.41, 5.74) is -1.07. The molecule has 80 valence electrons. The maximum Gasteiger partial charge on any atom is 0.350 e. The summed E-state index contributed by atoms with van der Waals surface area (Å²) in [5.74, 6) is -0.475. The van der Waals surface area contributed by atoms with Gasteiger partial charge in [-0.25, -0.2) is 4.79 Å². The maximum absolute atomic E-state index is 11.5. The van der Waals surface area contributed by atoms with Crippen molar-refractivity contribution in [3.8, 4) is 5.75 Å². The Morgan fingerprint density at radius 2 is 2.33 bits per heavy atom. The topological polar surface area (TPSA) is 67.5 Å². The van der Waals surface area contributed by atoms with Crippen LogP contribution in [0, 0.1) is 6.92 Å². The average Bonchev–Trinajstić information content (AvgIpc) is 2.12. The third-order valence-electron chi connectivity index (χ3n) is 1.91. The van der Waals surface area contributed by atoms with Gasteiger partial charge in [0.1, 0.15) is 17.1 Å². The molecule has 0 bridgehead atoms. The van der Waals surface area contributed by atoms with Crippen LogP contribution in [0.15, 0.2) is 27.9 Å². The van der Waals surface area contributed by atoms with Crippen molar-refractivity contribution in [2.45, 2.75) is 19.8 Å². The highest BCUT2D eigenvalue weighted by Crippen LogP contribution is 2.16. The first-order chi connectivity index (χ1) is 7.06. The van der Waals surface area contributed by atoms with E-state index >= 15 is 0 Å². The lowest BCUT2D eigenvalue weighted by molar-refractivity contribution is 0.0976. The van der Waals surface area contributed by atoms with Crippen molar-refractivity contribution >= 4 is 5.78 Å². The number of aryl methyl sites for hydroxylation is 1. The highest BCUT2D eigenvalue weighted by atomic mass is 16.4. The Labute approximate surface area is 86.9 Å². The lowest BCUT2D eigenvalue weighted by Gasteiger charge is -2.01. The first kappa shape index (κ1) is 11.2. The highest BCUT2D eigenvalue weighted by Gasteiger charge is 2.16. The van der Waals surface area contributed by atoms with Gasteiger partial charge in [0.2, 0.25) is 0 Å². The Morgan fingerprint density at radius 1 is 1.67 bits per heavy atom. The molecular weight excluding hydrogens is 196 g/mol. The lowest BCUT2D eigenvalue weighted by Crippen LogP contribution is -2.14. The predicted molar refractivity (Wildman–Crippen MR) is 55.1 cm³/mol. The van der Waals surface area contributed by atoms with Gasteiger partial charge in [-0.1, -0.05) is 6.08 Å². The van der Waals surface area contributed by atoms with Crippen LogP contribution in [0.4, 0.5) is 0 Å². The molecule has 0 amide bonds. The fraction of sp³-hybridized carbons (Fsp3) is 0.273. The van der Waals surface area contributed by atoms with E-state index in [4.69, 9.17) is 4.42 Å². The van der Waals surface area contributed by atoms with Crippen molar-refractivity contribution in [1.29, 1.82) is 0 Å². The molecule has 1 heterocycles. The summed E-state index contributed by atoms with van der Waals surface area (Å²) < 4.78 is 4.73. The number of Topliss-reactive ketones (excluding diaryl/α,β-unsaturated/α-hetero) is 1. The highest BCUT2D eigenvalue weighted by molar-refractivity contribution is 5.98. The SMILES string of the molecule is C=CCCC(=O)c1c(O)cc(C)oc1=O. The molecule has 0 aromatic carbocycles. The van der Waals surface area contributed by atoms with Crippen LogP contribution in [0.5, 0.6) is 5.75 Å². The Balaban J connectivity index is 3.09. The molecule has 0 saturated heterocycles. The summed E-state index contributed by atoms with van der Waals surface area (Å²) in [5, 5.41) is 9.44. The van der Waals surface area contributed by atoms with Gasteiger partial charge in [-0.3, -0.25) is 4.79 Å². The van der Waals surface area contributed by atoms with Gasteiger partial charge >= 0.3 is 5.63 Å². The van der Waals surface area contributed by atoms with Crippen LogP contribution in [-0.2, 0) is 0 Å². The van der Waals surface area contributed by atoms with E-state index in [1.165, 1.54) is 13.0 Å². The van der Waals surface area contributed by atoms with E-state index < -0.39 is 11.4 Å². The number of ketones is 1. The molecule has 0 radical (unpaired) electrons. The third-order valence-corrected chi connectivity index (χ3v) is 1.91. The number of carbonyl (C=O) groups is 1. The molecule has 1 aromatic heterocycles. The van der Waals surface area contributed by atoms with Gasteiger partial charge in [-0.05, 0) is 13.3 Å². The van der Waals surface area contributed by atoms with Crippen molar-refractivity contribution in [3.63, 3.8) is 0 Å². The van der Waals surface area contributed by atoms with Gasteiger partial charge in [0.25, 0.3) is 0 Å². The fourth-order valence-electron chi connectivity index (χ4n) is 1.21. The molecule has 0 saturated carbocycles. The van der Waals surface area contributed by atoms with Gasteiger partial charge < -0.3 is 9.52 Å². The number of carbonyl (C=O) groups excluding carboxylic acids is 1. The quantitative estimate of drug-likeness (QED) is 0.605. The Kier molecular flexibility index (Phi) is 3.44. The fourth-order valence-corrected chi connectivity index (χ4v) is 1.21. The first-order valence-electron chi connectivity index (χ1n) is 4.54. The Morgan fingerprint density at radius 3 is 2.87 bits per heavy atom. The summed E-state index contributed by atoms with van der Waals surface area (Å²) >= 11 is 0. The smallest absolute Gasteiger partial charge is 0.350 e. The monoisotopic (exact) mass is 208 g/mol. The third kappa shape index (κ3) is 2.56. The summed E-state index contributed by atoms with van der Waals surface area (Å²) in [7, 11) is 0. The first-order valence-corrected chi connectivity index (χ1v) is 4.54. The maximum atomic E-state index is 11.5. The number of rotatable bonds is 4. The van der Waals surface area contributed by atoms with E-state index in [1.54, 1.807) is 6.08 Å². The molecule has 0 spiro atoms. The normalized spacial score (nSPS) is 9.93. The van der Waals surface area contributed by atoms with Crippen LogP contribution < -0.4 is 5.63 Å². The van der Waals surface area contributed by atoms with Crippen molar-refractivity contribution in [1.82, 2.24) is 0 Å². The van der Waals surface area contributed by atoms with E-state index in [1.807, 2.05) is 0 Å². The second kappa shape index (κ2) is 4.59. The second-order valence-corrected chi connectivity index (χ2v) is 3.16. The van der Waals surface area contributed by atoms with Crippen LogP contribution >= 0.6 is 0 Å². The summed E-state index contributed by atoms with van der Waals surface area (Å²) in [4.78, 5) is 22.8. The molecule has 15 heavy (non-hydrogen) atoms. The van der Waals surface area contributed by atoms with Crippen LogP contribution in [0.1, 0.15) is 29.0 Å². The molecule has 4 heteroatoms. The summed E-state index contributed by atoms with van der Waals surface area (Å²) in [6, 6.07) is 1.25. The molecular formula is C11H12O4. The average molecular weight is 208 g/mol. The summed E-state index contributed by atoms with van der Waals surface area (Å²) in [6.45, 7) is 5.00. The standard InChI is InChI=1S/C11H12O4/c1-3-4-5-8(12)10-9(13)6-7(2)15-11(10)14/h3,6,13H,1,4-5H2,2H3. The van der Waals surface area contributed by atoms with Crippen molar-refractivity contribution in [2.24, 2.45) is 0 Å². The number of hydrogen-bond donors (Lipinski definition) is 1. The van der Waals surface area contributed by atoms with E-state index in [9.17, 15) is 14.7 Å². The molecule has 0 unspecified atom stereocenters. The zero-order valence-electron chi connectivity index (χ0n) is 8.45. The zero-order valence-corrected chi connectivity index (χ0v) is 8.45. The second-order valence-electron chi connectivity index (χ2n) is 3.16. The van der Waals surface area contributed by atoms with E-state index in [0.29, 0.717) is 6.42 Å². The molecule has 0 aliphatic heterocycles. The van der Waals surface area contributed by atoms with Crippen molar-refractivity contribution < 1.29 is 14.3 Å². The van der Waals surface area contributed by atoms with Crippen LogP contribution in [-0.4, -0.2) is 10.9 Å². The molecule has 0 fully saturated rings. The largest absolute Gasteiger partial charge is 0.507 e. The predicted octanol–water partition coefficient (Wildman–Crippen LogP) is 1.80. The minimum atomic E-state index is -0.790. The number of allylic oxidation sites excluding steroid dienone is 1. The van der Waals surface area contributed by atoms with E-state index in [2.05, 4.69) is 6.58 Å².